The van der Waals surface area contributed by atoms with Gasteiger partial charge in [-0.25, -0.2) is 4.98 Å². The Hall–Kier alpha value is -0.790. The second-order valence-electron chi connectivity index (χ2n) is 6.70. The smallest absolute Gasteiger partial charge is 0.191 e. The standard InChI is InChI=1S/C18H33N5.HI/c1-4-18(9-8-10-18)15-22-17(19-5-2)21-11-6-7-13-23-14-12-20-16(23)3;/h12,14H,4-11,13,15H2,1-3H3,(H2,19,21,22);1H. The highest BCUT2D eigenvalue weighted by atomic mass is 127. The molecule has 1 aromatic heterocycles. The molecule has 2 rings (SSSR count). The van der Waals surface area contributed by atoms with Crippen LogP contribution in [0, 0.1) is 12.3 Å². The molecule has 0 atom stereocenters. The Morgan fingerprint density at radius 3 is 2.62 bits per heavy atom. The zero-order valence-corrected chi connectivity index (χ0v) is 17.8. The van der Waals surface area contributed by atoms with Crippen LogP contribution >= 0.6 is 24.0 Å². The number of aryl methyl sites for hydroxylation is 2. The Kier molecular flexibility index (Phi) is 9.69. The summed E-state index contributed by atoms with van der Waals surface area (Å²) in [6.07, 6.45) is 11.5. The molecule has 0 aromatic carbocycles. The van der Waals surface area contributed by atoms with Crippen molar-refractivity contribution in [1.29, 1.82) is 0 Å². The Morgan fingerprint density at radius 1 is 1.29 bits per heavy atom. The van der Waals surface area contributed by atoms with Crippen molar-refractivity contribution in [2.45, 2.75) is 65.8 Å². The minimum Gasteiger partial charge on any atom is -0.357 e. The average molecular weight is 447 g/mol. The summed E-state index contributed by atoms with van der Waals surface area (Å²) in [6.45, 7) is 10.4. The highest BCUT2D eigenvalue weighted by molar-refractivity contribution is 14.0. The van der Waals surface area contributed by atoms with Gasteiger partial charge in [-0.1, -0.05) is 13.3 Å². The Balaban J connectivity index is 0.00000288. The second-order valence-corrected chi connectivity index (χ2v) is 6.70. The van der Waals surface area contributed by atoms with Gasteiger partial charge in [-0.3, -0.25) is 4.99 Å². The van der Waals surface area contributed by atoms with Crippen LogP contribution in [0.15, 0.2) is 17.4 Å². The minimum atomic E-state index is 0. The van der Waals surface area contributed by atoms with Gasteiger partial charge in [-0.05, 0) is 51.4 Å². The SMILES string of the molecule is CCNC(=NCC1(CC)CCC1)NCCCCn1ccnc1C.I. The minimum absolute atomic E-state index is 0. The van der Waals surface area contributed by atoms with Crippen LogP contribution in [0.2, 0.25) is 0 Å². The third-order valence-electron chi connectivity index (χ3n) is 5.12. The van der Waals surface area contributed by atoms with Crippen LogP contribution < -0.4 is 10.6 Å². The van der Waals surface area contributed by atoms with E-state index in [1.165, 1.54) is 25.7 Å². The second kappa shape index (κ2) is 10.9. The molecule has 0 radical (unpaired) electrons. The summed E-state index contributed by atoms with van der Waals surface area (Å²) < 4.78 is 2.21. The number of imidazole rings is 1. The van der Waals surface area contributed by atoms with E-state index in [0.29, 0.717) is 5.41 Å². The summed E-state index contributed by atoms with van der Waals surface area (Å²) in [6, 6.07) is 0. The third kappa shape index (κ3) is 6.26. The molecule has 24 heavy (non-hydrogen) atoms. The molecule has 1 fully saturated rings. The van der Waals surface area contributed by atoms with Crippen molar-refractivity contribution in [2.24, 2.45) is 10.4 Å². The van der Waals surface area contributed by atoms with Crippen molar-refractivity contribution in [3.63, 3.8) is 0 Å². The van der Waals surface area contributed by atoms with Gasteiger partial charge in [0.15, 0.2) is 5.96 Å². The molecule has 0 bridgehead atoms. The van der Waals surface area contributed by atoms with E-state index < -0.39 is 0 Å². The normalized spacial score (nSPS) is 16.2. The lowest BCUT2D eigenvalue weighted by atomic mass is 9.67. The zero-order valence-electron chi connectivity index (χ0n) is 15.5. The van der Waals surface area contributed by atoms with Gasteiger partial charge < -0.3 is 15.2 Å². The molecule has 1 saturated carbocycles. The van der Waals surface area contributed by atoms with Crippen molar-refractivity contribution in [2.75, 3.05) is 19.6 Å². The van der Waals surface area contributed by atoms with Crippen LogP contribution in [0.1, 0.15) is 58.2 Å². The fourth-order valence-electron chi connectivity index (χ4n) is 3.14. The summed E-state index contributed by atoms with van der Waals surface area (Å²) in [5.74, 6) is 2.07. The molecule has 1 aliphatic rings. The quantitative estimate of drug-likeness (QED) is 0.263. The third-order valence-corrected chi connectivity index (χ3v) is 5.12. The van der Waals surface area contributed by atoms with Gasteiger partial charge >= 0.3 is 0 Å². The van der Waals surface area contributed by atoms with Crippen LogP contribution in [0.5, 0.6) is 0 Å². The first kappa shape index (κ1) is 21.3. The highest BCUT2D eigenvalue weighted by Gasteiger charge is 2.34. The lowest BCUT2D eigenvalue weighted by Crippen LogP contribution is -2.40. The van der Waals surface area contributed by atoms with Gasteiger partial charge in [0.2, 0.25) is 0 Å². The molecule has 138 valence electrons. The van der Waals surface area contributed by atoms with Gasteiger partial charge in [0.05, 0.1) is 0 Å². The molecule has 1 aromatic rings. The fraction of sp³-hybridized carbons (Fsp3) is 0.778. The zero-order chi connectivity index (χ0) is 16.5. The van der Waals surface area contributed by atoms with Gasteiger partial charge in [-0.15, -0.1) is 24.0 Å². The molecular weight excluding hydrogens is 413 g/mol. The molecule has 0 spiro atoms. The number of hydrogen-bond donors (Lipinski definition) is 2. The predicted octanol–water partition coefficient (Wildman–Crippen LogP) is 3.73. The van der Waals surface area contributed by atoms with E-state index >= 15 is 0 Å². The van der Waals surface area contributed by atoms with Crippen LogP contribution in [-0.4, -0.2) is 35.1 Å². The lowest BCUT2D eigenvalue weighted by Gasteiger charge is -2.40. The van der Waals surface area contributed by atoms with Crippen molar-refractivity contribution in [3.8, 4) is 0 Å². The molecule has 0 unspecified atom stereocenters. The van der Waals surface area contributed by atoms with Crippen LogP contribution in [0.4, 0.5) is 0 Å². The van der Waals surface area contributed by atoms with E-state index in [4.69, 9.17) is 4.99 Å². The predicted molar refractivity (Wildman–Crippen MR) is 112 cm³/mol. The molecule has 5 nitrogen and oxygen atoms in total. The van der Waals surface area contributed by atoms with Crippen molar-refractivity contribution < 1.29 is 0 Å². The number of aromatic nitrogens is 2. The Morgan fingerprint density at radius 2 is 2.08 bits per heavy atom. The Labute approximate surface area is 164 Å². The van der Waals surface area contributed by atoms with Gasteiger partial charge in [0, 0.05) is 38.6 Å². The number of unbranched alkanes of at least 4 members (excludes halogenated alkanes) is 1. The molecule has 0 amide bonds. The molecule has 2 N–H and O–H groups in total. The fourth-order valence-corrected chi connectivity index (χ4v) is 3.14. The van der Waals surface area contributed by atoms with Crippen molar-refractivity contribution in [3.05, 3.63) is 18.2 Å². The maximum atomic E-state index is 4.82. The van der Waals surface area contributed by atoms with Crippen LogP contribution in [-0.2, 0) is 6.54 Å². The maximum Gasteiger partial charge on any atom is 0.191 e. The first-order valence-corrected chi connectivity index (χ1v) is 9.19. The summed E-state index contributed by atoms with van der Waals surface area (Å²) in [4.78, 5) is 9.07. The summed E-state index contributed by atoms with van der Waals surface area (Å²) in [7, 11) is 0. The number of nitrogens with one attached hydrogen (secondary N) is 2. The summed E-state index contributed by atoms with van der Waals surface area (Å²) >= 11 is 0. The molecular formula is C18H34IN5. The first-order valence-electron chi connectivity index (χ1n) is 9.19. The molecule has 1 heterocycles. The van der Waals surface area contributed by atoms with E-state index in [-0.39, 0.29) is 24.0 Å². The van der Waals surface area contributed by atoms with Crippen LogP contribution in [0.3, 0.4) is 0 Å². The number of rotatable bonds is 9. The van der Waals surface area contributed by atoms with Gasteiger partial charge in [-0.2, -0.15) is 0 Å². The van der Waals surface area contributed by atoms with E-state index in [2.05, 4.69) is 47.2 Å². The molecule has 0 saturated heterocycles. The summed E-state index contributed by atoms with van der Waals surface area (Å²) in [5.41, 5.74) is 0.487. The number of nitrogens with zero attached hydrogens (tertiary/aromatic N) is 3. The monoisotopic (exact) mass is 447 g/mol. The van der Waals surface area contributed by atoms with Gasteiger partial charge in [0.25, 0.3) is 0 Å². The van der Waals surface area contributed by atoms with E-state index in [1.807, 2.05) is 6.20 Å². The molecule has 1 aliphatic carbocycles. The van der Waals surface area contributed by atoms with Gasteiger partial charge in [0.1, 0.15) is 5.82 Å². The molecule has 6 heteroatoms. The van der Waals surface area contributed by atoms with Crippen LogP contribution in [0.25, 0.3) is 0 Å². The highest BCUT2D eigenvalue weighted by Crippen LogP contribution is 2.43. The van der Waals surface area contributed by atoms with Crippen molar-refractivity contribution >= 4 is 29.9 Å². The lowest BCUT2D eigenvalue weighted by molar-refractivity contribution is 0.139. The maximum absolute atomic E-state index is 4.82. The summed E-state index contributed by atoms with van der Waals surface area (Å²) in [5, 5.41) is 6.84. The van der Waals surface area contributed by atoms with Crippen molar-refractivity contribution in [1.82, 2.24) is 20.2 Å². The number of hydrogen-bond acceptors (Lipinski definition) is 2. The largest absolute Gasteiger partial charge is 0.357 e. The molecule has 0 aliphatic heterocycles. The number of guanidine groups is 1. The Bertz CT molecular complexity index is 488. The topological polar surface area (TPSA) is 54.2 Å². The first-order chi connectivity index (χ1) is 11.2. The van der Waals surface area contributed by atoms with E-state index in [9.17, 15) is 0 Å². The van der Waals surface area contributed by atoms with E-state index in [0.717, 1.165) is 50.8 Å². The number of aliphatic imine (C=N–C) groups is 1. The average Bonchev–Trinajstić information content (AvgIpc) is 2.91. The van der Waals surface area contributed by atoms with E-state index in [1.54, 1.807) is 0 Å². The number of halogens is 1.